The molecule has 0 unspecified atom stereocenters. The quantitative estimate of drug-likeness (QED) is 0.799. The summed E-state index contributed by atoms with van der Waals surface area (Å²) >= 11 is 6.02. The number of aliphatic hydroxyl groups is 1. The third-order valence-electron chi connectivity index (χ3n) is 4.45. The third kappa shape index (κ3) is 3.97. The number of sulfone groups is 1. The van der Waals surface area contributed by atoms with Crippen molar-refractivity contribution in [1.29, 1.82) is 0 Å². The summed E-state index contributed by atoms with van der Waals surface area (Å²) in [6, 6.07) is 6.61. The number of benzene rings is 2. The molecule has 2 aromatic carbocycles. The maximum Gasteiger partial charge on any atom is 0.255 e. The van der Waals surface area contributed by atoms with E-state index in [1.165, 1.54) is 18.2 Å². The predicted molar refractivity (Wildman–Crippen MR) is 96.6 cm³/mol. The van der Waals surface area contributed by atoms with Gasteiger partial charge in [-0.05, 0) is 50.1 Å². The van der Waals surface area contributed by atoms with Crippen molar-refractivity contribution in [2.45, 2.75) is 35.5 Å². The third-order valence-corrected chi connectivity index (χ3v) is 7.05. The second kappa shape index (κ2) is 6.85. The summed E-state index contributed by atoms with van der Waals surface area (Å²) < 4.78 is 51.7. The molecule has 9 heteroatoms. The van der Waals surface area contributed by atoms with Gasteiger partial charge in [-0.3, -0.25) is 4.79 Å². The smallest absolute Gasteiger partial charge is 0.255 e. The zero-order chi connectivity index (χ0) is 20.0. The number of hydrogen-bond donors (Lipinski definition) is 2. The Balaban J connectivity index is 1.86. The molecule has 1 fully saturated rings. The van der Waals surface area contributed by atoms with E-state index in [-0.39, 0.29) is 34.0 Å². The molecule has 1 aliphatic rings. The molecule has 0 bridgehead atoms. The summed E-state index contributed by atoms with van der Waals surface area (Å²) in [6.07, 6.45) is 0.161. The monoisotopic (exact) mass is 415 g/mol. The van der Waals surface area contributed by atoms with Crippen molar-refractivity contribution in [3.63, 3.8) is 0 Å². The molecule has 2 N–H and O–H groups in total. The Bertz CT molecular complexity index is 1020. The van der Waals surface area contributed by atoms with Crippen LogP contribution in [0.3, 0.4) is 0 Å². The van der Waals surface area contributed by atoms with E-state index in [1.807, 2.05) is 0 Å². The molecule has 5 nitrogen and oxygen atoms in total. The molecular weight excluding hydrogens is 400 g/mol. The van der Waals surface area contributed by atoms with Gasteiger partial charge in [-0.2, -0.15) is 0 Å². The average Bonchev–Trinajstić information content (AvgIpc) is 2.56. The van der Waals surface area contributed by atoms with Crippen LogP contribution in [0.4, 0.5) is 14.5 Å². The molecule has 1 amide bonds. The SMILES string of the molecule is CC1(O)CC(S(=O)(=O)c2cc(C(=O)Nc3ccc(F)c(F)c3)ccc2Cl)C1. The number of nitrogens with one attached hydrogen (secondary N) is 1. The molecule has 0 heterocycles. The van der Waals surface area contributed by atoms with Gasteiger partial charge in [-0.1, -0.05) is 11.6 Å². The first-order valence-electron chi connectivity index (χ1n) is 8.02. The normalized spacial score (nSPS) is 22.2. The molecule has 0 aromatic heterocycles. The van der Waals surface area contributed by atoms with Crippen LogP contribution >= 0.6 is 11.6 Å². The van der Waals surface area contributed by atoms with Crippen molar-refractivity contribution in [3.05, 3.63) is 58.6 Å². The fraction of sp³-hybridized carbons (Fsp3) is 0.278. The lowest BCUT2D eigenvalue weighted by atomic mass is 9.82. The maximum absolute atomic E-state index is 13.3. The number of carbonyl (C=O) groups is 1. The Hall–Kier alpha value is -2.03. The van der Waals surface area contributed by atoms with Gasteiger partial charge >= 0.3 is 0 Å². The van der Waals surface area contributed by atoms with Gasteiger partial charge in [-0.25, -0.2) is 17.2 Å². The largest absolute Gasteiger partial charge is 0.390 e. The lowest BCUT2D eigenvalue weighted by Crippen LogP contribution is -2.48. The van der Waals surface area contributed by atoms with Crippen molar-refractivity contribution in [2.75, 3.05) is 5.32 Å². The lowest BCUT2D eigenvalue weighted by molar-refractivity contribution is -0.0116. The molecular formula is C18H16ClF2NO4S. The van der Waals surface area contributed by atoms with Crippen LogP contribution in [0, 0.1) is 11.6 Å². The minimum absolute atomic E-state index is 0.00575. The van der Waals surface area contributed by atoms with Crippen molar-refractivity contribution >= 4 is 33.0 Å². The van der Waals surface area contributed by atoms with Gasteiger partial charge in [0, 0.05) is 17.3 Å². The van der Waals surface area contributed by atoms with Gasteiger partial charge in [-0.15, -0.1) is 0 Å². The van der Waals surface area contributed by atoms with Crippen LogP contribution in [0.2, 0.25) is 5.02 Å². The van der Waals surface area contributed by atoms with E-state index < -0.39 is 38.2 Å². The van der Waals surface area contributed by atoms with Gasteiger partial charge in [0.05, 0.1) is 20.8 Å². The molecule has 0 atom stereocenters. The van der Waals surface area contributed by atoms with Gasteiger partial charge in [0.1, 0.15) is 0 Å². The summed E-state index contributed by atoms with van der Waals surface area (Å²) in [5.41, 5.74) is -1.02. The molecule has 27 heavy (non-hydrogen) atoms. The molecule has 144 valence electrons. The molecule has 0 aliphatic heterocycles. The average molecular weight is 416 g/mol. The van der Waals surface area contributed by atoms with E-state index in [4.69, 9.17) is 11.6 Å². The standard InChI is InChI=1S/C18H16ClF2NO4S/c1-18(24)8-12(9-18)27(25,26)16-6-10(2-4-13(16)19)17(23)22-11-3-5-14(20)15(21)7-11/h2-7,12,24H,8-9H2,1H3,(H,22,23). The maximum atomic E-state index is 13.3. The fourth-order valence-electron chi connectivity index (χ4n) is 2.96. The van der Waals surface area contributed by atoms with Crippen LogP contribution in [0.1, 0.15) is 30.1 Å². The Morgan fingerprint density at radius 2 is 1.85 bits per heavy atom. The van der Waals surface area contributed by atoms with E-state index >= 15 is 0 Å². The van der Waals surface area contributed by atoms with Crippen molar-refractivity contribution in [1.82, 2.24) is 0 Å². The first-order valence-corrected chi connectivity index (χ1v) is 9.94. The Morgan fingerprint density at radius 3 is 2.44 bits per heavy atom. The number of amides is 1. The van der Waals surface area contributed by atoms with Gasteiger partial charge in [0.25, 0.3) is 5.91 Å². The minimum Gasteiger partial charge on any atom is -0.390 e. The fourth-order valence-corrected chi connectivity index (χ4v) is 5.55. The van der Waals surface area contributed by atoms with E-state index in [0.717, 1.165) is 18.2 Å². The Kier molecular flexibility index (Phi) is 5.00. The number of hydrogen-bond acceptors (Lipinski definition) is 4. The molecule has 0 radical (unpaired) electrons. The number of anilines is 1. The van der Waals surface area contributed by atoms with Crippen molar-refractivity contribution in [3.8, 4) is 0 Å². The van der Waals surface area contributed by atoms with Crippen LogP contribution in [0.25, 0.3) is 0 Å². The van der Waals surface area contributed by atoms with Crippen LogP contribution in [-0.4, -0.2) is 30.3 Å². The highest BCUT2D eigenvalue weighted by Gasteiger charge is 2.46. The van der Waals surface area contributed by atoms with Crippen molar-refractivity contribution in [2.24, 2.45) is 0 Å². The lowest BCUT2D eigenvalue weighted by Gasteiger charge is -2.40. The summed E-state index contributed by atoms with van der Waals surface area (Å²) in [5, 5.41) is 11.3. The van der Waals surface area contributed by atoms with Crippen LogP contribution in [0.15, 0.2) is 41.3 Å². The highest BCUT2D eigenvalue weighted by Crippen LogP contribution is 2.40. The second-order valence-electron chi connectivity index (χ2n) is 6.80. The van der Waals surface area contributed by atoms with Gasteiger partial charge in [0.15, 0.2) is 21.5 Å². The zero-order valence-corrected chi connectivity index (χ0v) is 15.7. The first kappa shape index (κ1) is 19.7. The highest BCUT2D eigenvalue weighted by atomic mass is 35.5. The van der Waals surface area contributed by atoms with E-state index in [9.17, 15) is 27.1 Å². The summed E-state index contributed by atoms with van der Waals surface area (Å²) in [7, 11) is -3.83. The Labute approximate surface area is 159 Å². The molecule has 1 aliphatic carbocycles. The number of halogens is 3. The van der Waals surface area contributed by atoms with E-state index in [2.05, 4.69) is 5.32 Å². The molecule has 0 spiro atoms. The summed E-state index contributed by atoms with van der Waals surface area (Å²) in [4.78, 5) is 12.1. The summed E-state index contributed by atoms with van der Waals surface area (Å²) in [6.45, 7) is 1.55. The first-order chi connectivity index (χ1) is 12.5. The number of rotatable bonds is 4. The van der Waals surface area contributed by atoms with Gasteiger partial charge < -0.3 is 10.4 Å². The zero-order valence-electron chi connectivity index (χ0n) is 14.2. The van der Waals surface area contributed by atoms with Gasteiger partial charge in [0.2, 0.25) is 0 Å². The minimum atomic E-state index is -3.83. The molecule has 2 aromatic rings. The summed E-state index contributed by atoms with van der Waals surface area (Å²) in [5.74, 6) is -2.87. The topological polar surface area (TPSA) is 83.5 Å². The second-order valence-corrected chi connectivity index (χ2v) is 9.40. The molecule has 1 saturated carbocycles. The van der Waals surface area contributed by atoms with E-state index in [0.29, 0.717) is 0 Å². The van der Waals surface area contributed by atoms with E-state index in [1.54, 1.807) is 6.92 Å². The molecule has 0 saturated heterocycles. The van der Waals surface area contributed by atoms with Crippen LogP contribution < -0.4 is 5.32 Å². The van der Waals surface area contributed by atoms with Crippen LogP contribution in [-0.2, 0) is 9.84 Å². The molecule has 3 rings (SSSR count). The Morgan fingerprint density at radius 1 is 1.19 bits per heavy atom. The predicted octanol–water partition coefficient (Wildman–Crippen LogP) is 3.56. The van der Waals surface area contributed by atoms with Crippen LogP contribution in [0.5, 0.6) is 0 Å². The highest BCUT2D eigenvalue weighted by molar-refractivity contribution is 7.92. The van der Waals surface area contributed by atoms with Crippen molar-refractivity contribution < 1.29 is 27.1 Å². The number of carbonyl (C=O) groups excluding carboxylic acids is 1.